The summed E-state index contributed by atoms with van der Waals surface area (Å²) in [5, 5.41) is 2.44. The van der Waals surface area contributed by atoms with Crippen molar-refractivity contribution in [2.75, 3.05) is 0 Å². The smallest absolute Gasteiger partial charge is 0.0864 e. The molecule has 0 atom stereocenters. The topological polar surface area (TPSA) is 28.7 Å². The largest absolute Gasteiger partial charge is 0.353 e. The fourth-order valence-corrected chi connectivity index (χ4v) is 1.95. The number of nitrogens with one attached hydrogen (secondary N) is 1. The van der Waals surface area contributed by atoms with Crippen LogP contribution in [0.15, 0.2) is 43.1 Å². The van der Waals surface area contributed by atoms with Gasteiger partial charge in [0.2, 0.25) is 0 Å². The molecule has 0 amide bonds. The molecule has 0 unspecified atom stereocenters. The van der Waals surface area contributed by atoms with E-state index in [0.717, 1.165) is 16.7 Å². The summed E-state index contributed by atoms with van der Waals surface area (Å²) in [5.41, 5.74) is 3.11. The second-order valence-electron chi connectivity index (χ2n) is 3.49. The van der Waals surface area contributed by atoms with Crippen LogP contribution < -0.4 is 0 Å². The van der Waals surface area contributed by atoms with E-state index in [-0.39, 0.29) is 0 Å². The number of para-hydroxylation sites is 1. The van der Waals surface area contributed by atoms with E-state index in [2.05, 4.69) is 28.7 Å². The van der Waals surface area contributed by atoms with Crippen LogP contribution in [0.1, 0.15) is 5.69 Å². The molecule has 2 aromatic heterocycles. The van der Waals surface area contributed by atoms with Gasteiger partial charge in [-0.05, 0) is 18.2 Å². The van der Waals surface area contributed by atoms with Crippen molar-refractivity contribution in [2.45, 2.75) is 0 Å². The zero-order chi connectivity index (χ0) is 10.3. The second kappa shape index (κ2) is 2.95. The molecule has 3 aromatic rings. The van der Waals surface area contributed by atoms with Gasteiger partial charge in [0.25, 0.3) is 0 Å². The van der Waals surface area contributed by atoms with Crippen LogP contribution in [0.3, 0.4) is 0 Å². The highest BCUT2D eigenvalue weighted by Gasteiger charge is 2.05. The van der Waals surface area contributed by atoms with Crippen molar-refractivity contribution in [3.8, 4) is 0 Å². The van der Waals surface area contributed by atoms with Crippen molar-refractivity contribution < 1.29 is 0 Å². The molecule has 0 aliphatic rings. The summed E-state index contributed by atoms with van der Waals surface area (Å²) in [6.45, 7) is 3.77. The molecular weight excluding hydrogens is 184 g/mol. The fourth-order valence-electron chi connectivity index (χ4n) is 1.95. The molecule has 0 saturated heterocycles. The summed E-state index contributed by atoms with van der Waals surface area (Å²) in [7, 11) is 0. The first-order valence-corrected chi connectivity index (χ1v) is 4.88. The Morgan fingerprint density at radius 3 is 2.87 bits per heavy atom. The number of nitrogens with zero attached hydrogens (tertiary/aromatic N) is 1. The van der Waals surface area contributed by atoms with Gasteiger partial charge in [0, 0.05) is 22.5 Å². The number of pyridine rings is 1. The van der Waals surface area contributed by atoms with Crippen molar-refractivity contribution >= 4 is 27.9 Å². The van der Waals surface area contributed by atoms with Gasteiger partial charge in [-0.3, -0.25) is 4.98 Å². The molecular formula is C13H10N2. The van der Waals surface area contributed by atoms with E-state index in [1.165, 1.54) is 10.8 Å². The van der Waals surface area contributed by atoms with Gasteiger partial charge in [0.05, 0.1) is 11.2 Å². The Bertz CT molecular complexity index is 650. The third kappa shape index (κ3) is 1.08. The number of rotatable bonds is 1. The van der Waals surface area contributed by atoms with Crippen LogP contribution in [0.25, 0.3) is 27.9 Å². The number of aromatic amines is 1. The lowest BCUT2D eigenvalue weighted by molar-refractivity contribution is 1.31. The molecule has 1 N–H and O–H groups in total. The standard InChI is InChI=1S/C13H10N2/c1-2-11-13-10(7-8-14-11)9-5-3-4-6-12(9)15-13/h2-8,15H,1H2. The summed E-state index contributed by atoms with van der Waals surface area (Å²) in [5.74, 6) is 0. The minimum absolute atomic E-state index is 0.906. The van der Waals surface area contributed by atoms with Gasteiger partial charge in [0.15, 0.2) is 0 Å². The Hall–Kier alpha value is -2.09. The average Bonchev–Trinajstić information content (AvgIpc) is 2.67. The van der Waals surface area contributed by atoms with Gasteiger partial charge < -0.3 is 4.98 Å². The first-order valence-electron chi connectivity index (χ1n) is 4.88. The quantitative estimate of drug-likeness (QED) is 0.632. The molecule has 0 aliphatic heterocycles. The lowest BCUT2D eigenvalue weighted by Gasteiger charge is -1.93. The lowest BCUT2D eigenvalue weighted by atomic mass is 10.1. The Kier molecular flexibility index (Phi) is 1.62. The van der Waals surface area contributed by atoms with Gasteiger partial charge >= 0.3 is 0 Å². The van der Waals surface area contributed by atoms with Crippen molar-refractivity contribution in [2.24, 2.45) is 0 Å². The van der Waals surface area contributed by atoms with Gasteiger partial charge in [-0.2, -0.15) is 0 Å². The Balaban J connectivity index is 2.59. The van der Waals surface area contributed by atoms with Crippen LogP contribution >= 0.6 is 0 Å². The Morgan fingerprint density at radius 1 is 1.13 bits per heavy atom. The van der Waals surface area contributed by atoms with Crippen LogP contribution in [0, 0.1) is 0 Å². The van der Waals surface area contributed by atoms with E-state index >= 15 is 0 Å². The molecule has 0 fully saturated rings. The van der Waals surface area contributed by atoms with Crippen LogP contribution in [0.2, 0.25) is 0 Å². The van der Waals surface area contributed by atoms with E-state index in [0.29, 0.717) is 0 Å². The van der Waals surface area contributed by atoms with E-state index in [1.807, 2.05) is 24.4 Å². The number of hydrogen-bond donors (Lipinski definition) is 1. The molecule has 0 bridgehead atoms. The van der Waals surface area contributed by atoms with E-state index < -0.39 is 0 Å². The first kappa shape index (κ1) is 8.24. The van der Waals surface area contributed by atoms with Crippen molar-refractivity contribution in [3.05, 3.63) is 48.8 Å². The van der Waals surface area contributed by atoms with Gasteiger partial charge in [-0.1, -0.05) is 24.8 Å². The van der Waals surface area contributed by atoms with Crippen molar-refractivity contribution in [3.63, 3.8) is 0 Å². The zero-order valence-corrected chi connectivity index (χ0v) is 8.20. The van der Waals surface area contributed by atoms with Crippen molar-refractivity contribution in [1.29, 1.82) is 0 Å². The molecule has 0 saturated carbocycles. The van der Waals surface area contributed by atoms with Gasteiger partial charge in [-0.15, -0.1) is 0 Å². The number of benzene rings is 1. The molecule has 1 aromatic carbocycles. The third-order valence-electron chi connectivity index (χ3n) is 2.65. The maximum Gasteiger partial charge on any atom is 0.0864 e. The molecule has 3 rings (SSSR count). The molecule has 2 nitrogen and oxygen atoms in total. The SMILES string of the molecule is C=Cc1nccc2c1[nH]c1ccccc12. The summed E-state index contributed by atoms with van der Waals surface area (Å²) in [4.78, 5) is 7.64. The Morgan fingerprint density at radius 2 is 2.00 bits per heavy atom. The summed E-state index contributed by atoms with van der Waals surface area (Å²) < 4.78 is 0. The minimum atomic E-state index is 0.906. The molecule has 0 spiro atoms. The monoisotopic (exact) mass is 194 g/mol. The summed E-state index contributed by atoms with van der Waals surface area (Å²) >= 11 is 0. The summed E-state index contributed by atoms with van der Waals surface area (Å²) in [6.07, 6.45) is 3.59. The fraction of sp³-hybridized carbons (Fsp3) is 0. The zero-order valence-electron chi connectivity index (χ0n) is 8.20. The summed E-state index contributed by atoms with van der Waals surface area (Å²) in [6, 6.07) is 10.3. The molecule has 2 heteroatoms. The first-order chi connectivity index (χ1) is 7.40. The molecule has 72 valence electrons. The number of hydrogen-bond acceptors (Lipinski definition) is 1. The molecule has 0 radical (unpaired) electrons. The molecule has 2 heterocycles. The lowest BCUT2D eigenvalue weighted by Crippen LogP contribution is -1.80. The second-order valence-corrected chi connectivity index (χ2v) is 3.49. The molecule has 0 aliphatic carbocycles. The highest BCUT2D eigenvalue weighted by atomic mass is 14.8. The minimum Gasteiger partial charge on any atom is -0.353 e. The average molecular weight is 194 g/mol. The van der Waals surface area contributed by atoms with Crippen LogP contribution in [-0.2, 0) is 0 Å². The van der Waals surface area contributed by atoms with E-state index in [1.54, 1.807) is 6.08 Å². The van der Waals surface area contributed by atoms with Crippen LogP contribution in [0.4, 0.5) is 0 Å². The van der Waals surface area contributed by atoms with Crippen LogP contribution in [0.5, 0.6) is 0 Å². The van der Waals surface area contributed by atoms with E-state index in [9.17, 15) is 0 Å². The predicted octanol–water partition coefficient (Wildman–Crippen LogP) is 3.36. The van der Waals surface area contributed by atoms with Gasteiger partial charge in [-0.25, -0.2) is 0 Å². The van der Waals surface area contributed by atoms with Gasteiger partial charge in [0.1, 0.15) is 0 Å². The predicted molar refractivity (Wildman–Crippen MR) is 63.7 cm³/mol. The third-order valence-corrected chi connectivity index (χ3v) is 2.65. The normalized spacial score (nSPS) is 10.9. The Labute approximate surface area is 87.3 Å². The highest BCUT2D eigenvalue weighted by Crippen LogP contribution is 2.26. The molecule has 15 heavy (non-hydrogen) atoms. The number of H-pyrrole nitrogens is 1. The highest BCUT2D eigenvalue weighted by molar-refractivity contribution is 6.08. The van der Waals surface area contributed by atoms with Crippen LogP contribution in [-0.4, -0.2) is 9.97 Å². The number of aromatic nitrogens is 2. The maximum absolute atomic E-state index is 4.27. The number of fused-ring (bicyclic) bond motifs is 3. The maximum atomic E-state index is 4.27. The van der Waals surface area contributed by atoms with E-state index in [4.69, 9.17) is 0 Å². The van der Waals surface area contributed by atoms with Crippen molar-refractivity contribution in [1.82, 2.24) is 9.97 Å².